The predicted molar refractivity (Wildman–Crippen MR) is 92.3 cm³/mol. The molecule has 3 rings (SSSR count). The topological polar surface area (TPSA) is 27.7 Å². The molecule has 0 amide bonds. The van der Waals surface area contributed by atoms with Gasteiger partial charge in [0.25, 0.3) is 0 Å². The van der Waals surface area contributed by atoms with Crippen LogP contribution < -0.4 is 0 Å². The van der Waals surface area contributed by atoms with Crippen molar-refractivity contribution in [3.05, 3.63) is 0 Å². The summed E-state index contributed by atoms with van der Waals surface area (Å²) in [6, 6.07) is 0. The van der Waals surface area contributed by atoms with Crippen LogP contribution in [0, 0.1) is 12.3 Å². The summed E-state index contributed by atoms with van der Waals surface area (Å²) in [5.74, 6) is 2.15. The second kappa shape index (κ2) is 6.41. The fourth-order valence-corrected chi connectivity index (χ4v) is 4.89. The van der Waals surface area contributed by atoms with Crippen molar-refractivity contribution in [3.63, 3.8) is 0 Å². The third-order valence-corrected chi connectivity index (χ3v) is 7.77. The maximum atomic E-state index is 6.29. The van der Waals surface area contributed by atoms with Crippen molar-refractivity contribution in [2.75, 3.05) is 0 Å². The standard InChI is InChI=1S/C15H19Br3O3/c1-3-8(16)10-5-12-13(19-10)7-15(21-12)14(18)6-11(20-15)9(17)4-2/h1,8-14H,4-7H2,2H3/t8?,9-,10+,11-,12+,13+,14-,15-/m0/s1. The van der Waals surface area contributed by atoms with Gasteiger partial charge in [0.1, 0.15) is 4.83 Å². The Bertz CT molecular complexity index is 424. The number of hydrogen-bond acceptors (Lipinski definition) is 3. The van der Waals surface area contributed by atoms with Gasteiger partial charge in [0, 0.05) is 17.7 Å². The largest absolute Gasteiger partial charge is 0.370 e. The Hall–Kier alpha value is 0.880. The molecule has 0 aromatic carbocycles. The number of terminal acetylenes is 1. The number of hydrogen-bond donors (Lipinski definition) is 0. The molecule has 0 aromatic heterocycles. The van der Waals surface area contributed by atoms with Crippen molar-refractivity contribution in [2.24, 2.45) is 0 Å². The molecule has 6 heteroatoms. The Balaban J connectivity index is 1.65. The first kappa shape index (κ1) is 16.7. The SMILES string of the molecule is C#CC(Br)[C@H]1C[C@H]2O[C@]3(C[C@H]2O1)O[C@H]([C@@H](Br)CC)C[C@@H]3Br. The third kappa shape index (κ3) is 2.99. The minimum absolute atomic E-state index is 0.0351. The van der Waals surface area contributed by atoms with Crippen molar-refractivity contribution in [3.8, 4) is 12.3 Å². The summed E-state index contributed by atoms with van der Waals surface area (Å²) < 4.78 is 18.6. The number of alkyl halides is 3. The van der Waals surface area contributed by atoms with Gasteiger partial charge in [-0.05, 0) is 12.8 Å². The van der Waals surface area contributed by atoms with Gasteiger partial charge in [0.2, 0.25) is 0 Å². The second-order valence-corrected chi connectivity index (χ2v) is 9.24. The molecule has 0 N–H and O–H groups in total. The lowest BCUT2D eigenvalue weighted by Gasteiger charge is -2.29. The zero-order valence-corrected chi connectivity index (χ0v) is 16.6. The van der Waals surface area contributed by atoms with E-state index in [1.165, 1.54) is 0 Å². The number of ether oxygens (including phenoxy) is 3. The lowest BCUT2D eigenvalue weighted by Crippen LogP contribution is -2.38. The van der Waals surface area contributed by atoms with Gasteiger partial charge in [-0.15, -0.1) is 6.42 Å². The van der Waals surface area contributed by atoms with E-state index < -0.39 is 5.79 Å². The van der Waals surface area contributed by atoms with E-state index in [9.17, 15) is 0 Å². The van der Waals surface area contributed by atoms with Gasteiger partial charge < -0.3 is 14.2 Å². The van der Waals surface area contributed by atoms with E-state index in [-0.39, 0.29) is 34.1 Å². The molecule has 0 aliphatic carbocycles. The average molecular weight is 487 g/mol. The van der Waals surface area contributed by atoms with Crippen LogP contribution in [0.5, 0.6) is 0 Å². The second-order valence-electron chi connectivity index (χ2n) is 5.97. The van der Waals surface area contributed by atoms with Crippen LogP contribution in [0.1, 0.15) is 32.6 Å². The molecule has 3 aliphatic heterocycles. The molecule has 0 aromatic rings. The average Bonchev–Trinajstić information content (AvgIpc) is 3.10. The van der Waals surface area contributed by atoms with Gasteiger partial charge in [0.15, 0.2) is 5.79 Å². The van der Waals surface area contributed by atoms with Crippen LogP contribution in [0.3, 0.4) is 0 Å². The van der Waals surface area contributed by atoms with Crippen molar-refractivity contribution in [2.45, 2.75) is 77.3 Å². The van der Waals surface area contributed by atoms with Crippen LogP contribution in [0.15, 0.2) is 0 Å². The molecule has 3 saturated heterocycles. The fourth-order valence-electron chi connectivity index (χ4n) is 3.46. The molecule has 21 heavy (non-hydrogen) atoms. The van der Waals surface area contributed by atoms with Gasteiger partial charge >= 0.3 is 0 Å². The summed E-state index contributed by atoms with van der Waals surface area (Å²) in [7, 11) is 0. The van der Waals surface area contributed by atoms with Crippen molar-refractivity contribution in [1.29, 1.82) is 0 Å². The number of rotatable bonds is 3. The Kier molecular flexibility index (Phi) is 5.11. The van der Waals surface area contributed by atoms with Gasteiger partial charge in [-0.25, -0.2) is 0 Å². The van der Waals surface area contributed by atoms with Gasteiger partial charge in [-0.3, -0.25) is 0 Å². The molecule has 8 atom stereocenters. The van der Waals surface area contributed by atoms with Crippen LogP contribution in [-0.4, -0.2) is 44.7 Å². The van der Waals surface area contributed by atoms with Gasteiger partial charge in [-0.2, -0.15) is 0 Å². The molecular formula is C15H19Br3O3. The quantitative estimate of drug-likeness (QED) is 0.449. The smallest absolute Gasteiger partial charge is 0.184 e. The lowest BCUT2D eigenvalue weighted by atomic mass is 10.0. The monoisotopic (exact) mass is 484 g/mol. The first-order valence-corrected chi connectivity index (χ1v) is 10.1. The highest BCUT2D eigenvalue weighted by atomic mass is 79.9. The number of halogens is 3. The van der Waals surface area contributed by atoms with E-state index in [4.69, 9.17) is 20.6 Å². The molecular weight excluding hydrogens is 468 g/mol. The molecule has 3 heterocycles. The zero-order valence-electron chi connectivity index (χ0n) is 11.8. The van der Waals surface area contributed by atoms with E-state index in [0.29, 0.717) is 4.83 Å². The van der Waals surface area contributed by atoms with E-state index in [1.807, 2.05) is 0 Å². The normalized spacial score (nSPS) is 48.2. The molecule has 3 nitrogen and oxygen atoms in total. The van der Waals surface area contributed by atoms with Crippen LogP contribution in [0.2, 0.25) is 0 Å². The van der Waals surface area contributed by atoms with Crippen molar-refractivity contribution in [1.82, 2.24) is 0 Å². The lowest BCUT2D eigenvalue weighted by molar-refractivity contribution is -0.213. The predicted octanol–water partition coefficient (Wildman–Crippen LogP) is 3.75. The van der Waals surface area contributed by atoms with Gasteiger partial charge in [0.05, 0.1) is 29.2 Å². The van der Waals surface area contributed by atoms with E-state index in [1.54, 1.807) is 0 Å². The first-order chi connectivity index (χ1) is 9.99. The minimum atomic E-state index is -0.538. The maximum Gasteiger partial charge on any atom is 0.184 e. The van der Waals surface area contributed by atoms with Gasteiger partial charge in [-0.1, -0.05) is 60.6 Å². The van der Waals surface area contributed by atoms with Crippen LogP contribution in [-0.2, 0) is 14.2 Å². The van der Waals surface area contributed by atoms with E-state index >= 15 is 0 Å². The molecule has 118 valence electrons. The highest BCUT2D eigenvalue weighted by Crippen LogP contribution is 2.51. The maximum absolute atomic E-state index is 6.29. The summed E-state index contributed by atoms with van der Waals surface area (Å²) in [4.78, 5) is 0.524. The van der Waals surface area contributed by atoms with Crippen LogP contribution in [0.25, 0.3) is 0 Å². The summed E-state index contributed by atoms with van der Waals surface area (Å²) in [5.41, 5.74) is 0. The third-order valence-electron chi connectivity index (χ3n) is 4.61. The molecule has 0 radical (unpaired) electrons. The van der Waals surface area contributed by atoms with Crippen LogP contribution >= 0.6 is 47.8 Å². The number of fused-ring (bicyclic) bond motifs is 1. The summed E-state index contributed by atoms with van der Waals surface area (Å²) in [6.07, 6.45) is 9.43. The Morgan fingerprint density at radius 3 is 2.62 bits per heavy atom. The summed E-state index contributed by atoms with van der Waals surface area (Å²) in [5, 5.41) is 0. The first-order valence-electron chi connectivity index (χ1n) is 7.38. The van der Waals surface area contributed by atoms with Crippen LogP contribution in [0.4, 0.5) is 0 Å². The highest BCUT2D eigenvalue weighted by molar-refractivity contribution is 9.10. The van der Waals surface area contributed by atoms with E-state index in [2.05, 4.69) is 60.6 Å². The molecule has 1 unspecified atom stereocenters. The Morgan fingerprint density at radius 1 is 1.24 bits per heavy atom. The summed E-state index contributed by atoms with van der Waals surface area (Å²) >= 11 is 10.9. The Labute approximate surface area is 151 Å². The zero-order chi connectivity index (χ0) is 15.2. The highest BCUT2D eigenvalue weighted by Gasteiger charge is 2.60. The fraction of sp³-hybridized carbons (Fsp3) is 0.867. The minimum Gasteiger partial charge on any atom is -0.370 e. The van der Waals surface area contributed by atoms with Crippen molar-refractivity contribution < 1.29 is 14.2 Å². The Morgan fingerprint density at radius 2 is 2.00 bits per heavy atom. The van der Waals surface area contributed by atoms with E-state index in [0.717, 1.165) is 25.7 Å². The molecule has 3 aliphatic rings. The molecule has 1 spiro atoms. The molecule has 0 saturated carbocycles. The molecule has 3 fully saturated rings. The summed E-state index contributed by atoms with van der Waals surface area (Å²) in [6.45, 7) is 2.16. The van der Waals surface area contributed by atoms with Crippen molar-refractivity contribution >= 4 is 47.8 Å². The molecule has 0 bridgehead atoms.